The van der Waals surface area contributed by atoms with Gasteiger partial charge in [-0.3, -0.25) is 4.90 Å². The summed E-state index contributed by atoms with van der Waals surface area (Å²) in [5.74, 6) is 0.974. The second-order valence-corrected chi connectivity index (χ2v) is 9.18. The Labute approximate surface area is 176 Å². The predicted octanol–water partition coefficient (Wildman–Crippen LogP) is 4.32. The van der Waals surface area contributed by atoms with Crippen LogP contribution in [0.2, 0.25) is 0 Å². The van der Waals surface area contributed by atoms with Crippen molar-refractivity contribution in [2.75, 3.05) is 26.4 Å². The van der Waals surface area contributed by atoms with Crippen molar-refractivity contribution in [3.8, 4) is 11.6 Å². The molecule has 2 fully saturated rings. The summed E-state index contributed by atoms with van der Waals surface area (Å²) >= 11 is 0. The van der Waals surface area contributed by atoms with Gasteiger partial charge in [0.2, 0.25) is 0 Å². The normalized spacial score (nSPS) is 24.9. The van der Waals surface area contributed by atoms with Crippen molar-refractivity contribution in [3.05, 3.63) is 18.2 Å². The van der Waals surface area contributed by atoms with Crippen LogP contribution >= 0.6 is 0 Å². The van der Waals surface area contributed by atoms with Crippen LogP contribution in [0.5, 0.6) is 11.6 Å². The molecule has 0 saturated carbocycles. The molecule has 2 aliphatic heterocycles. The van der Waals surface area contributed by atoms with Gasteiger partial charge in [-0.05, 0) is 42.0 Å². The number of fused-ring (bicyclic) bond motifs is 1. The van der Waals surface area contributed by atoms with Crippen molar-refractivity contribution in [2.45, 2.75) is 58.1 Å². The molecule has 2 saturated heterocycles. The molecule has 8 nitrogen and oxygen atoms in total. The highest BCUT2D eigenvalue weighted by atomic mass is 16.6. The van der Waals surface area contributed by atoms with E-state index in [9.17, 15) is 9.90 Å². The minimum Gasteiger partial charge on any atom is -0.487 e. The number of hydrogen-bond acceptors (Lipinski definition) is 6. The molecule has 2 unspecified atom stereocenters. The summed E-state index contributed by atoms with van der Waals surface area (Å²) in [6.45, 7) is 8.13. The Morgan fingerprint density at radius 3 is 2.90 bits per heavy atom. The molecule has 30 heavy (non-hydrogen) atoms. The fourth-order valence-electron chi connectivity index (χ4n) is 4.57. The molecule has 2 atom stereocenters. The number of amides is 1. The monoisotopic (exact) mass is 418 g/mol. The van der Waals surface area contributed by atoms with Gasteiger partial charge in [0.05, 0.1) is 18.8 Å². The summed E-state index contributed by atoms with van der Waals surface area (Å²) in [6, 6.07) is 5.54. The first-order valence-corrected chi connectivity index (χ1v) is 10.6. The van der Waals surface area contributed by atoms with Gasteiger partial charge < -0.3 is 23.8 Å². The SMILES string of the molecule is CC(C)(C)C1(COc2noc3cccc(OC4CCOC4)c23)CCCCN1C(=O)O. The standard InChI is InChI=1S/C22H30N2O6/c1-21(2,3)22(10-4-5-11-24(22)20(25)26)14-28-19-18-16(29-15-9-12-27-13-15)7-6-8-17(18)30-23-19/h6-8,15H,4-5,9-14H2,1-3H3,(H,25,26). The molecule has 0 radical (unpaired) electrons. The quantitative estimate of drug-likeness (QED) is 0.772. The third-order valence-electron chi connectivity index (χ3n) is 6.42. The lowest BCUT2D eigenvalue weighted by Crippen LogP contribution is -2.64. The van der Waals surface area contributed by atoms with Crippen molar-refractivity contribution < 1.29 is 28.6 Å². The fraction of sp³-hybridized carbons (Fsp3) is 0.636. The van der Waals surface area contributed by atoms with E-state index in [1.165, 1.54) is 0 Å². The Morgan fingerprint density at radius 1 is 1.37 bits per heavy atom. The Kier molecular flexibility index (Phi) is 5.53. The average molecular weight is 418 g/mol. The van der Waals surface area contributed by atoms with Gasteiger partial charge in [-0.1, -0.05) is 26.8 Å². The summed E-state index contributed by atoms with van der Waals surface area (Å²) < 4.78 is 23.2. The first-order chi connectivity index (χ1) is 14.3. The topological polar surface area (TPSA) is 94.3 Å². The summed E-state index contributed by atoms with van der Waals surface area (Å²) in [5, 5.41) is 14.7. The van der Waals surface area contributed by atoms with Crippen molar-refractivity contribution in [3.63, 3.8) is 0 Å². The van der Waals surface area contributed by atoms with Crippen molar-refractivity contribution in [2.24, 2.45) is 5.41 Å². The maximum Gasteiger partial charge on any atom is 0.407 e. The first-order valence-electron chi connectivity index (χ1n) is 10.6. The van der Waals surface area contributed by atoms with E-state index in [2.05, 4.69) is 25.9 Å². The van der Waals surface area contributed by atoms with Gasteiger partial charge in [0, 0.05) is 13.0 Å². The molecule has 1 N–H and O–H groups in total. The molecule has 3 heterocycles. The number of aromatic nitrogens is 1. The van der Waals surface area contributed by atoms with Gasteiger partial charge in [0.25, 0.3) is 5.88 Å². The minimum absolute atomic E-state index is 0.0138. The Hall–Kier alpha value is -2.48. The molecule has 0 bridgehead atoms. The second kappa shape index (κ2) is 7.98. The summed E-state index contributed by atoms with van der Waals surface area (Å²) in [6.07, 6.45) is 2.46. The van der Waals surface area contributed by atoms with E-state index in [1.54, 1.807) is 4.90 Å². The Balaban J connectivity index is 1.63. The van der Waals surface area contributed by atoms with Gasteiger partial charge in [-0.2, -0.15) is 0 Å². The lowest BCUT2D eigenvalue weighted by Gasteiger charge is -2.53. The smallest absolute Gasteiger partial charge is 0.407 e. The van der Waals surface area contributed by atoms with Crippen LogP contribution in [-0.4, -0.2) is 59.3 Å². The zero-order chi connectivity index (χ0) is 21.4. The van der Waals surface area contributed by atoms with Crippen LogP contribution in [0, 0.1) is 5.41 Å². The molecule has 1 aromatic carbocycles. The zero-order valence-corrected chi connectivity index (χ0v) is 17.8. The lowest BCUT2D eigenvalue weighted by atomic mass is 9.68. The van der Waals surface area contributed by atoms with Crippen molar-refractivity contribution in [1.29, 1.82) is 0 Å². The zero-order valence-electron chi connectivity index (χ0n) is 17.8. The molecule has 4 rings (SSSR count). The van der Waals surface area contributed by atoms with E-state index in [-0.39, 0.29) is 18.1 Å². The molecule has 1 amide bonds. The van der Waals surface area contributed by atoms with Crippen LogP contribution in [0.3, 0.4) is 0 Å². The predicted molar refractivity (Wildman–Crippen MR) is 110 cm³/mol. The lowest BCUT2D eigenvalue weighted by molar-refractivity contribution is -0.0535. The molecular formula is C22H30N2O6. The minimum atomic E-state index is -0.913. The van der Waals surface area contributed by atoms with Crippen LogP contribution < -0.4 is 9.47 Å². The molecule has 2 aromatic rings. The van der Waals surface area contributed by atoms with Gasteiger partial charge in [-0.25, -0.2) is 4.79 Å². The van der Waals surface area contributed by atoms with Gasteiger partial charge in [-0.15, -0.1) is 0 Å². The molecule has 0 aliphatic carbocycles. The molecule has 0 spiro atoms. The molecular weight excluding hydrogens is 388 g/mol. The Morgan fingerprint density at radius 2 is 2.20 bits per heavy atom. The number of hydrogen-bond donors (Lipinski definition) is 1. The average Bonchev–Trinajstić information content (AvgIpc) is 3.36. The van der Waals surface area contributed by atoms with E-state index < -0.39 is 11.6 Å². The summed E-state index contributed by atoms with van der Waals surface area (Å²) in [4.78, 5) is 13.6. The number of carbonyl (C=O) groups is 1. The largest absolute Gasteiger partial charge is 0.487 e. The number of nitrogens with zero attached hydrogens (tertiary/aromatic N) is 2. The fourth-order valence-corrected chi connectivity index (χ4v) is 4.57. The van der Waals surface area contributed by atoms with E-state index in [0.29, 0.717) is 42.4 Å². The van der Waals surface area contributed by atoms with E-state index in [4.69, 9.17) is 18.7 Å². The van der Waals surface area contributed by atoms with Crippen LogP contribution in [-0.2, 0) is 4.74 Å². The van der Waals surface area contributed by atoms with Crippen molar-refractivity contribution in [1.82, 2.24) is 10.1 Å². The number of piperidine rings is 1. The number of benzene rings is 1. The number of rotatable bonds is 5. The van der Waals surface area contributed by atoms with Gasteiger partial charge in [0.1, 0.15) is 23.8 Å². The summed E-state index contributed by atoms with van der Waals surface area (Å²) in [5.41, 5.74) is -0.395. The maximum atomic E-state index is 12.0. The number of carboxylic acid groups (broad SMARTS) is 1. The van der Waals surface area contributed by atoms with Crippen molar-refractivity contribution >= 4 is 17.1 Å². The summed E-state index contributed by atoms with van der Waals surface area (Å²) in [7, 11) is 0. The second-order valence-electron chi connectivity index (χ2n) is 9.18. The third kappa shape index (κ3) is 3.69. The number of ether oxygens (including phenoxy) is 3. The number of likely N-dealkylation sites (tertiary alicyclic amines) is 1. The van der Waals surface area contributed by atoms with E-state index in [0.717, 1.165) is 25.7 Å². The maximum absolute atomic E-state index is 12.0. The highest BCUT2D eigenvalue weighted by Gasteiger charge is 2.51. The van der Waals surface area contributed by atoms with Crippen LogP contribution in [0.1, 0.15) is 46.5 Å². The third-order valence-corrected chi connectivity index (χ3v) is 6.42. The van der Waals surface area contributed by atoms with Gasteiger partial charge >= 0.3 is 6.09 Å². The van der Waals surface area contributed by atoms with Gasteiger partial charge in [0.15, 0.2) is 5.58 Å². The highest BCUT2D eigenvalue weighted by molar-refractivity contribution is 5.88. The Bertz CT molecular complexity index is 899. The molecule has 1 aromatic heterocycles. The van der Waals surface area contributed by atoms with E-state index >= 15 is 0 Å². The molecule has 2 aliphatic rings. The van der Waals surface area contributed by atoms with Crippen LogP contribution in [0.4, 0.5) is 4.79 Å². The van der Waals surface area contributed by atoms with E-state index in [1.807, 2.05) is 18.2 Å². The molecule has 164 valence electrons. The van der Waals surface area contributed by atoms with Crippen LogP contribution in [0.25, 0.3) is 11.0 Å². The first kappa shape index (κ1) is 20.8. The highest BCUT2D eigenvalue weighted by Crippen LogP contribution is 2.44. The van der Waals surface area contributed by atoms with Crippen LogP contribution in [0.15, 0.2) is 22.7 Å². The molecule has 8 heteroatoms.